The molecule has 0 aromatic heterocycles. The van der Waals surface area contributed by atoms with Gasteiger partial charge < -0.3 is 10.0 Å². The predicted octanol–water partition coefficient (Wildman–Crippen LogP) is 3.27. The van der Waals surface area contributed by atoms with Gasteiger partial charge in [0.2, 0.25) is 5.91 Å². The lowest BCUT2D eigenvalue weighted by Crippen LogP contribution is -2.32. The Bertz CT molecular complexity index is 1020. The summed E-state index contributed by atoms with van der Waals surface area (Å²) in [6, 6.07) is 11.9. The number of rotatable bonds is 6. The lowest BCUT2D eigenvalue weighted by molar-refractivity contribution is -0.121. The van der Waals surface area contributed by atoms with Crippen LogP contribution in [0.25, 0.3) is 0 Å². The highest BCUT2D eigenvalue weighted by atomic mass is 79.9. The van der Waals surface area contributed by atoms with Gasteiger partial charge in [-0.15, -0.1) is 0 Å². The zero-order chi connectivity index (χ0) is 20.5. The van der Waals surface area contributed by atoms with Gasteiger partial charge >= 0.3 is 0 Å². The third-order valence-corrected chi connectivity index (χ3v) is 6.92. The molecule has 0 saturated heterocycles. The van der Waals surface area contributed by atoms with Crippen LogP contribution in [0.3, 0.4) is 0 Å². The van der Waals surface area contributed by atoms with Crippen molar-refractivity contribution in [3.63, 3.8) is 0 Å². The molecule has 2 aromatic carbocycles. The van der Waals surface area contributed by atoms with E-state index in [1.165, 1.54) is 0 Å². The number of aliphatic hydroxyl groups excluding tert-OH is 1. The van der Waals surface area contributed by atoms with Crippen molar-refractivity contribution >= 4 is 37.5 Å². The largest absolute Gasteiger partial charge is 0.388 e. The molecule has 1 heterocycles. The monoisotopic (exact) mass is 464 g/mol. The molecule has 0 saturated carbocycles. The molecule has 1 amide bonds. The average molecular weight is 465 g/mol. The Hall–Kier alpha value is -2.16. The normalized spacial score (nSPS) is 14.5. The van der Waals surface area contributed by atoms with E-state index < -0.39 is 22.0 Å². The van der Waals surface area contributed by atoms with Crippen molar-refractivity contribution in [2.45, 2.75) is 30.8 Å². The Labute approximate surface area is 173 Å². The number of anilines is 1. The maximum atomic E-state index is 12.8. The molecule has 0 radical (unpaired) electrons. The van der Waals surface area contributed by atoms with Crippen LogP contribution >= 0.6 is 15.9 Å². The quantitative estimate of drug-likeness (QED) is 0.684. The van der Waals surface area contributed by atoms with Gasteiger partial charge in [0.15, 0.2) is 0 Å². The minimum absolute atomic E-state index is 0.0260. The number of carbonyl (C=O) groups excluding carboxylic acids is 1. The van der Waals surface area contributed by atoms with Crippen LogP contribution in [-0.4, -0.2) is 26.0 Å². The van der Waals surface area contributed by atoms with Gasteiger partial charge in [0.1, 0.15) is 4.90 Å². The second-order valence-electron chi connectivity index (χ2n) is 6.71. The number of aliphatic hydroxyl groups is 1. The number of fused-ring (bicyclic) bond motifs is 1. The topological polar surface area (TPSA) is 86.7 Å². The van der Waals surface area contributed by atoms with E-state index >= 15 is 0 Å². The minimum Gasteiger partial charge on any atom is -0.388 e. The lowest BCUT2D eigenvalue weighted by Gasteiger charge is -2.20. The molecule has 148 valence electrons. The van der Waals surface area contributed by atoms with Gasteiger partial charge in [-0.3, -0.25) is 4.79 Å². The molecule has 28 heavy (non-hydrogen) atoms. The average Bonchev–Trinajstić information content (AvgIpc) is 3.04. The first-order valence-corrected chi connectivity index (χ1v) is 11.0. The number of hydrogen-bond donors (Lipinski definition) is 2. The first-order valence-electron chi connectivity index (χ1n) is 8.73. The van der Waals surface area contributed by atoms with Crippen molar-refractivity contribution in [1.82, 2.24) is 4.72 Å². The van der Waals surface area contributed by atoms with Crippen LogP contribution in [0.4, 0.5) is 5.69 Å². The first-order chi connectivity index (χ1) is 13.2. The molecule has 3 rings (SSSR count). The second kappa shape index (κ2) is 8.06. The zero-order valence-corrected chi connectivity index (χ0v) is 17.8. The maximum absolute atomic E-state index is 12.8. The van der Waals surface area contributed by atoms with E-state index in [0.717, 1.165) is 29.9 Å². The van der Waals surface area contributed by atoms with Gasteiger partial charge in [-0.2, -0.15) is 0 Å². The van der Waals surface area contributed by atoms with Crippen LogP contribution in [0.15, 0.2) is 64.1 Å². The minimum atomic E-state index is -4.10. The molecule has 1 aliphatic heterocycles. The molecular formula is C20H21BrN2O4S. The van der Waals surface area contributed by atoms with Gasteiger partial charge in [0.25, 0.3) is 10.0 Å². The van der Waals surface area contributed by atoms with Crippen molar-refractivity contribution < 1.29 is 18.3 Å². The summed E-state index contributed by atoms with van der Waals surface area (Å²) in [6.07, 6.45) is -0.653. The number of allylic oxidation sites excluding steroid dienone is 1. The van der Waals surface area contributed by atoms with Crippen molar-refractivity contribution in [3.05, 3.63) is 70.3 Å². The molecule has 0 fully saturated rings. The molecule has 2 N–H and O–H groups in total. The summed E-state index contributed by atoms with van der Waals surface area (Å²) >= 11 is 3.30. The molecule has 6 nitrogen and oxygen atoms in total. The number of carbonyl (C=O) groups is 1. The first kappa shape index (κ1) is 20.6. The van der Waals surface area contributed by atoms with Crippen LogP contribution in [0.5, 0.6) is 0 Å². The zero-order valence-electron chi connectivity index (χ0n) is 15.4. The van der Waals surface area contributed by atoms with Crippen molar-refractivity contribution in [2.75, 3.05) is 11.4 Å². The van der Waals surface area contributed by atoms with Gasteiger partial charge in [-0.1, -0.05) is 36.9 Å². The van der Waals surface area contributed by atoms with E-state index in [1.54, 1.807) is 42.5 Å². The van der Waals surface area contributed by atoms with Gasteiger partial charge in [-0.05, 0) is 52.5 Å². The Morgan fingerprint density at radius 2 is 2.00 bits per heavy atom. The number of benzene rings is 2. The molecular weight excluding hydrogens is 444 g/mol. The number of amides is 1. The summed E-state index contributed by atoms with van der Waals surface area (Å²) in [6.45, 7) is 6.52. The molecule has 8 heteroatoms. The van der Waals surface area contributed by atoms with E-state index in [4.69, 9.17) is 0 Å². The van der Waals surface area contributed by atoms with Gasteiger partial charge in [0.05, 0.1) is 12.5 Å². The van der Waals surface area contributed by atoms with Crippen LogP contribution in [0, 0.1) is 0 Å². The van der Waals surface area contributed by atoms with E-state index in [9.17, 15) is 18.3 Å². The highest BCUT2D eigenvalue weighted by Crippen LogP contribution is 2.36. The van der Waals surface area contributed by atoms with E-state index in [2.05, 4.69) is 27.2 Å². The van der Waals surface area contributed by atoms with Crippen molar-refractivity contribution in [2.24, 2.45) is 0 Å². The third kappa shape index (κ3) is 4.29. The van der Waals surface area contributed by atoms with Crippen LogP contribution in [-0.2, 0) is 21.2 Å². The highest BCUT2D eigenvalue weighted by molar-refractivity contribution is 9.10. The summed E-state index contributed by atoms with van der Waals surface area (Å²) in [5.41, 5.74) is 3.15. The summed E-state index contributed by atoms with van der Waals surface area (Å²) in [7, 11) is -4.10. The highest BCUT2D eigenvalue weighted by Gasteiger charge is 2.27. The molecule has 0 spiro atoms. The molecule has 1 atom stereocenters. The van der Waals surface area contributed by atoms with E-state index in [0.29, 0.717) is 10.0 Å². The number of nitrogens with zero attached hydrogens (tertiary/aromatic N) is 1. The lowest BCUT2D eigenvalue weighted by atomic mass is 10.1. The fourth-order valence-electron chi connectivity index (χ4n) is 3.21. The molecule has 0 aliphatic carbocycles. The van der Waals surface area contributed by atoms with Gasteiger partial charge in [0, 0.05) is 22.4 Å². The number of sulfonamides is 1. The van der Waals surface area contributed by atoms with Crippen LogP contribution in [0.2, 0.25) is 0 Å². The summed E-state index contributed by atoms with van der Waals surface area (Å²) in [5, 5.41) is 10.2. The predicted molar refractivity (Wildman–Crippen MR) is 111 cm³/mol. The number of hydrogen-bond acceptors (Lipinski definition) is 5. The molecule has 2 aromatic rings. The summed E-state index contributed by atoms with van der Waals surface area (Å²) in [5.74, 6) is -0.777. The summed E-state index contributed by atoms with van der Waals surface area (Å²) < 4.78 is 28.0. The second-order valence-corrected chi connectivity index (χ2v) is 9.21. The molecule has 1 unspecified atom stereocenters. The Morgan fingerprint density at radius 3 is 2.64 bits per heavy atom. The standard InChI is InChI=1S/C20H21BrN2O4S/c1-13(2)23-9-8-15-10-16(21)19(11-17(15)23)28(26,27)22-20(25)12-18(24)14-6-4-3-5-7-14/h3-7,10-11,18,24H,1,8-9,12H2,2H3,(H,22,25). The number of halogens is 1. The fourth-order valence-corrected chi connectivity index (χ4v) is 5.31. The smallest absolute Gasteiger partial charge is 0.265 e. The number of nitrogens with one attached hydrogen (secondary N) is 1. The van der Waals surface area contributed by atoms with E-state index in [1.807, 2.05) is 11.8 Å². The van der Waals surface area contributed by atoms with E-state index in [-0.39, 0.29) is 11.3 Å². The van der Waals surface area contributed by atoms with Crippen LogP contribution in [0.1, 0.15) is 30.6 Å². The molecule has 0 bridgehead atoms. The van der Waals surface area contributed by atoms with Gasteiger partial charge in [-0.25, -0.2) is 13.1 Å². The Balaban J connectivity index is 1.80. The van der Waals surface area contributed by atoms with Crippen LogP contribution < -0.4 is 9.62 Å². The maximum Gasteiger partial charge on any atom is 0.265 e. The molecule has 1 aliphatic rings. The fraction of sp³-hybridized carbons (Fsp3) is 0.250. The van der Waals surface area contributed by atoms with Crippen molar-refractivity contribution in [3.8, 4) is 0 Å². The Morgan fingerprint density at radius 1 is 1.32 bits per heavy atom. The third-order valence-electron chi connectivity index (χ3n) is 4.59. The SMILES string of the molecule is C=C(C)N1CCc2cc(Br)c(S(=O)(=O)NC(=O)CC(O)c3ccccc3)cc21. The summed E-state index contributed by atoms with van der Waals surface area (Å²) in [4.78, 5) is 14.2. The van der Waals surface area contributed by atoms with Crippen molar-refractivity contribution in [1.29, 1.82) is 0 Å². The Kier molecular flexibility index (Phi) is 5.92.